The van der Waals surface area contributed by atoms with Crippen LogP contribution in [0.4, 0.5) is 0 Å². The zero-order valence-corrected chi connectivity index (χ0v) is 16.4. The third kappa shape index (κ3) is 3.52. The smallest absolute Gasteiger partial charge is 0.336 e. The molecule has 1 aromatic carbocycles. The minimum absolute atomic E-state index is 0.232. The van der Waals surface area contributed by atoms with E-state index in [1.807, 2.05) is 0 Å². The molecule has 0 aliphatic carbocycles. The van der Waals surface area contributed by atoms with Gasteiger partial charge in [-0.05, 0) is 45.9 Å². The van der Waals surface area contributed by atoms with Crippen LogP contribution in [-0.2, 0) is 19.1 Å². The number of carbonyl (C=O) groups excluding carboxylic acids is 2. The topological polar surface area (TPSA) is 92.0 Å². The van der Waals surface area contributed by atoms with E-state index in [0.29, 0.717) is 22.3 Å². The number of hydrogen-bond acceptors (Lipinski definition) is 7. The zero-order valence-electron chi connectivity index (χ0n) is 16.4. The van der Waals surface area contributed by atoms with E-state index in [-0.39, 0.29) is 5.58 Å². The lowest BCUT2D eigenvalue weighted by Crippen LogP contribution is -2.52. The Balaban J connectivity index is 2.22. The van der Waals surface area contributed by atoms with E-state index >= 15 is 0 Å². The molecular formula is C21H22O7. The first-order chi connectivity index (χ1) is 13.1. The van der Waals surface area contributed by atoms with Crippen LogP contribution in [0, 0.1) is 0 Å². The average molecular weight is 386 g/mol. The molecule has 3 rings (SSSR count). The summed E-state index contributed by atoms with van der Waals surface area (Å²) in [7, 11) is 0. The van der Waals surface area contributed by atoms with Crippen molar-refractivity contribution in [2.24, 2.45) is 0 Å². The molecule has 0 unspecified atom stereocenters. The molecule has 2 atom stereocenters. The number of benzene rings is 1. The molecule has 2 heterocycles. The SMILES string of the molecule is C/C=C(/C)C(=O)O[C@@H]1[C@H](OC(C)=O)c2c(ccc3ccc(=O)oc23)OC1(C)C. The van der Waals surface area contributed by atoms with Gasteiger partial charge in [0.05, 0.1) is 5.56 Å². The lowest BCUT2D eigenvalue weighted by atomic mass is 9.87. The van der Waals surface area contributed by atoms with E-state index in [9.17, 15) is 14.4 Å². The van der Waals surface area contributed by atoms with Gasteiger partial charge in [0.2, 0.25) is 0 Å². The number of allylic oxidation sites excluding steroid dienone is 1. The van der Waals surface area contributed by atoms with Crippen molar-refractivity contribution < 1.29 is 28.2 Å². The molecule has 0 amide bonds. The van der Waals surface area contributed by atoms with Crippen LogP contribution in [0.3, 0.4) is 0 Å². The van der Waals surface area contributed by atoms with E-state index in [1.165, 1.54) is 13.0 Å². The van der Waals surface area contributed by atoms with E-state index < -0.39 is 35.4 Å². The van der Waals surface area contributed by atoms with Crippen molar-refractivity contribution in [3.63, 3.8) is 0 Å². The van der Waals surface area contributed by atoms with Gasteiger partial charge in [0, 0.05) is 23.9 Å². The summed E-state index contributed by atoms with van der Waals surface area (Å²) in [6, 6.07) is 6.37. The van der Waals surface area contributed by atoms with Gasteiger partial charge in [-0.1, -0.05) is 6.08 Å². The molecule has 28 heavy (non-hydrogen) atoms. The maximum absolute atomic E-state index is 12.4. The molecule has 1 aromatic heterocycles. The van der Waals surface area contributed by atoms with Gasteiger partial charge in [0.15, 0.2) is 12.2 Å². The average Bonchev–Trinajstić information content (AvgIpc) is 2.62. The molecule has 0 spiro atoms. The van der Waals surface area contributed by atoms with Gasteiger partial charge < -0.3 is 18.6 Å². The van der Waals surface area contributed by atoms with Gasteiger partial charge >= 0.3 is 17.6 Å². The highest BCUT2D eigenvalue weighted by Crippen LogP contribution is 2.46. The van der Waals surface area contributed by atoms with Gasteiger partial charge in [0.1, 0.15) is 16.9 Å². The Morgan fingerprint density at radius 3 is 2.43 bits per heavy atom. The number of hydrogen-bond donors (Lipinski definition) is 0. The van der Waals surface area contributed by atoms with Gasteiger partial charge in [-0.25, -0.2) is 9.59 Å². The van der Waals surface area contributed by atoms with Crippen molar-refractivity contribution in [3.8, 4) is 5.75 Å². The van der Waals surface area contributed by atoms with E-state index in [1.54, 1.807) is 52.0 Å². The Morgan fingerprint density at radius 2 is 1.79 bits per heavy atom. The lowest BCUT2D eigenvalue weighted by Gasteiger charge is -2.43. The number of rotatable bonds is 3. The summed E-state index contributed by atoms with van der Waals surface area (Å²) in [5.74, 6) is -0.715. The molecule has 0 fully saturated rings. The summed E-state index contributed by atoms with van der Waals surface area (Å²) in [5.41, 5.74) is -0.547. The minimum Gasteiger partial charge on any atom is -0.483 e. The van der Waals surface area contributed by atoms with E-state index in [0.717, 1.165) is 0 Å². The Morgan fingerprint density at radius 1 is 1.11 bits per heavy atom. The molecule has 0 saturated heterocycles. The number of ether oxygens (including phenoxy) is 3. The first-order valence-electron chi connectivity index (χ1n) is 8.91. The summed E-state index contributed by atoms with van der Waals surface area (Å²) in [6.07, 6.45) is -0.330. The second-order valence-electron chi connectivity index (χ2n) is 7.18. The quantitative estimate of drug-likeness (QED) is 0.453. The zero-order chi connectivity index (χ0) is 20.6. The highest BCUT2D eigenvalue weighted by atomic mass is 16.6. The van der Waals surface area contributed by atoms with Crippen LogP contribution < -0.4 is 10.4 Å². The van der Waals surface area contributed by atoms with Crippen molar-refractivity contribution in [2.45, 2.75) is 52.4 Å². The third-order valence-electron chi connectivity index (χ3n) is 4.69. The van der Waals surface area contributed by atoms with E-state index in [4.69, 9.17) is 18.6 Å². The molecule has 0 bridgehead atoms. The maximum Gasteiger partial charge on any atom is 0.336 e. The largest absolute Gasteiger partial charge is 0.483 e. The fourth-order valence-corrected chi connectivity index (χ4v) is 3.18. The summed E-state index contributed by atoms with van der Waals surface area (Å²) < 4.78 is 22.7. The van der Waals surface area contributed by atoms with Crippen LogP contribution in [-0.4, -0.2) is 23.6 Å². The summed E-state index contributed by atoms with van der Waals surface area (Å²) in [4.78, 5) is 36.1. The molecular weight excluding hydrogens is 364 g/mol. The van der Waals surface area contributed by atoms with Crippen molar-refractivity contribution in [1.82, 2.24) is 0 Å². The van der Waals surface area contributed by atoms with Crippen LogP contribution in [0.2, 0.25) is 0 Å². The molecule has 0 saturated carbocycles. The maximum atomic E-state index is 12.4. The highest BCUT2D eigenvalue weighted by Gasteiger charge is 2.50. The van der Waals surface area contributed by atoms with Crippen molar-refractivity contribution in [3.05, 3.63) is 51.9 Å². The number of esters is 2. The first kappa shape index (κ1) is 19.7. The normalized spacial score (nSPS) is 20.8. The summed E-state index contributed by atoms with van der Waals surface area (Å²) in [5, 5.41) is 0.633. The minimum atomic E-state index is -1.00. The third-order valence-corrected chi connectivity index (χ3v) is 4.69. The van der Waals surface area contributed by atoms with Gasteiger partial charge in [-0.2, -0.15) is 0 Å². The molecule has 2 aromatic rings. The van der Waals surface area contributed by atoms with Crippen LogP contribution in [0.25, 0.3) is 11.0 Å². The van der Waals surface area contributed by atoms with Crippen molar-refractivity contribution >= 4 is 22.9 Å². The first-order valence-corrected chi connectivity index (χ1v) is 8.91. The van der Waals surface area contributed by atoms with Crippen LogP contribution >= 0.6 is 0 Å². The molecule has 0 radical (unpaired) electrons. The van der Waals surface area contributed by atoms with Crippen molar-refractivity contribution in [2.75, 3.05) is 0 Å². The monoisotopic (exact) mass is 386 g/mol. The molecule has 7 heteroatoms. The molecule has 1 aliphatic heterocycles. The second-order valence-corrected chi connectivity index (χ2v) is 7.18. The van der Waals surface area contributed by atoms with Crippen molar-refractivity contribution in [1.29, 1.82) is 0 Å². The Labute approximate surface area is 161 Å². The van der Waals surface area contributed by atoms with Gasteiger partial charge in [-0.15, -0.1) is 0 Å². The predicted molar refractivity (Wildman–Crippen MR) is 101 cm³/mol. The number of carbonyl (C=O) groups is 2. The predicted octanol–water partition coefficient (Wildman–Crippen LogP) is 3.45. The molecule has 148 valence electrons. The van der Waals surface area contributed by atoms with Crippen LogP contribution in [0.5, 0.6) is 5.75 Å². The standard InChI is InChI=1S/C21H22O7/c1-6-11(2)20(24)27-19-18(25-12(3)22)16-14(28-21(19,4)5)9-7-13-8-10-15(23)26-17(13)16/h6-10,18-19H,1-5H3/b11-6-/t18-,19-/m1/s1. The molecule has 0 N–H and O–H groups in total. The van der Waals surface area contributed by atoms with Gasteiger partial charge in [-0.3, -0.25) is 4.79 Å². The van der Waals surface area contributed by atoms with Crippen LogP contribution in [0.1, 0.15) is 46.3 Å². The second kappa shape index (κ2) is 7.14. The lowest BCUT2D eigenvalue weighted by molar-refractivity contribution is -0.186. The fourth-order valence-electron chi connectivity index (χ4n) is 3.18. The molecule has 1 aliphatic rings. The Bertz CT molecular complexity index is 1030. The Kier molecular flexibility index (Phi) is 5.02. The number of fused-ring (bicyclic) bond motifs is 3. The summed E-state index contributed by atoms with van der Waals surface area (Å²) in [6.45, 7) is 8.09. The highest BCUT2D eigenvalue weighted by molar-refractivity contribution is 5.88. The van der Waals surface area contributed by atoms with Crippen LogP contribution in [0.15, 0.2) is 45.1 Å². The van der Waals surface area contributed by atoms with Gasteiger partial charge in [0.25, 0.3) is 0 Å². The summed E-state index contributed by atoms with van der Waals surface area (Å²) >= 11 is 0. The molecule has 7 nitrogen and oxygen atoms in total. The Hall–Kier alpha value is -3.09. The van der Waals surface area contributed by atoms with E-state index in [2.05, 4.69) is 0 Å². The fraction of sp³-hybridized carbons (Fsp3) is 0.381.